The van der Waals surface area contributed by atoms with E-state index in [1.807, 2.05) is 0 Å². The van der Waals surface area contributed by atoms with E-state index in [1.165, 1.54) is 0 Å². The van der Waals surface area contributed by atoms with E-state index in [9.17, 15) is 12.8 Å². The first-order valence-corrected chi connectivity index (χ1v) is 3.90. The highest BCUT2D eigenvalue weighted by atomic mass is 32.2. The smallest absolute Gasteiger partial charge is 0.174 e. The molecular weight excluding hydrogens is 131 g/mol. The third-order valence-corrected chi connectivity index (χ3v) is 2.32. The van der Waals surface area contributed by atoms with Crippen LogP contribution in [0.5, 0.6) is 0 Å². The minimum Gasteiger partial charge on any atom is -0.224 e. The molecule has 0 unspecified atom stereocenters. The zero-order valence-electron chi connectivity index (χ0n) is 4.09. The van der Waals surface area contributed by atoms with Crippen LogP contribution in [0.4, 0.5) is 4.39 Å². The quantitative estimate of drug-likeness (QED) is 0.489. The normalized spacial score (nSPS) is 25.4. The van der Waals surface area contributed by atoms with Gasteiger partial charge in [0.1, 0.15) is 5.83 Å². The van der Waals surface area contributed by atoms with Crippen LogP contribution in [0.15, 0.2) is 11.2 Å². The Hall–Kier alpha value is -0.380. The molecule has 0 saturated carbocycles. The van der Waals surface area contributed by atoms with Crippen molar-refractivity contribution < 1.29 is 12.8 Å². The number of sulfone groups is 1. The van der Waals surface area contributed by atoms with E-state index in [1.54, 1.807) is 0 Å². The van der Waals surface area contributed by atoms with Gasteiger partial charge in [0.05, 0.1) is 11.2 Å². The fraction of sp³-hybridized carbons (Fsp3) is 0.500. The molecule has 4 heteroatoms. The molecule has 0 N–H and O–H groups in total. The van der Waals surface area contributed by atoms with Crippen molar-refractivity contribution in [2.24, 2.45) is 0 Å². The van der Waals surface area contributed by atoms with Gasteiger partial charge in [0.25, 0.3) is 0 Å². The molecule has 0 atom stereocenters. The second-order valence-electron chi connectivity index (χ2n) is 1.68. The van der Waals surface area contributed by atoms with E-state index in [4.69, 9.17) is 0 Å². The standard InChI is InChI=1S/C4H5FO2S/c5-4-1-2-8(6,7)3-4/h3H,1-2H2. The Morgan fingerprint density at radius 3 is 2.38 bits per heavy atom. The van der Waals surface area contributed by atoms with Gasteiger partial charge >= 0.3 is 0 Å². The predicted octanol–water partition coefficient (Wildman–Crippen LogP) is 0.616. The van der Waals surface area contributed by atoms with Crippen molar-refractivity contribution in [3.63, 3.8) is 0 Å². The molecule has 0 saturated heterocycles. The van der Waals surface area contributed by atoms with Gasteiger partial charge in [-0.2, -0.15) is 0 Å². The van der Waals surface area contributed by atoms with Crippen LogP contribution in [0.25, 0.3) is 0 Å². The van der Waals surface area contributed by atoms with Gasteiger partial charge in [0.2, 0.25) is 0 Å². The lowest BCUT2D eigenvalue weighted by Gasteiger charge is -1.79. The number of allylic oxidation sites excluding steroid dienone is 1. The van der Waals surface area contributed by atoms with Crippen molar-refractivity contribution in [1.29, 1.82) is 0 Å². The lowest BCUT2D eigenvalue weighted by molar-refractivity contribution is 0.603. The van der Waals surface area contributed by atoms with E-state index in [2.05, 4.69) is 0 Å². The molecule has 0 fully saturated rings. The fourth-order valence-electron chi connectivity index (χ4n) is 0.552. The summed E-state index contributed by atoms with van der Waals surface area (Å²) in [5, 5.41) is 0.688. The Kier molecular flexibility index (Phi) is 1.11. The van der Waals surface area contributed by atoms with Crippen molar-refractivity contribution >= 4 is 9.84 Å². The molecule has 0 spiro atoms. The van der Waals surface area contributed by atoms with Crippen LogP contribution in [-0.4, -0.2) is 14.2 Å². The minimum atomic E-state index is -3.13. The molecule has 1 heterocycles. The molecule has 0 aromatic carbocycles. The lowest BCUT2D eigenvalue weighted by atomic mass is 10.5. The molecule has 8 heavy (non-hydrogen) atoms. The molecule has 0 aromatic rings. The van der Waals surface area contributed by atoms with Crippen LogP contribution in [-0.2, 0) is 9.84 Å². The fourth-order valence-corrected chi connectivity index (χ4v) is 1.66. The van der Waals surface area contributed by atoms with Gasteiger partial charge in [0.15, 0.2) is 9.84 Å². The summed E-state index contributed by atoms with van der Waals surface area (Å²) in [6.07, 6.45) is 0.0579. The largest absolute Gasteiger partial charge is 0.224 e. The monoisotopic (exact) mass is 136 g/mol. The Labute approximate surface area is 46.9 Å². The zero-order chi connectivity index (χ0) is 6.20. The van der Waals surface area contributed by atoms with E-state index >= 15 is 0 Å². The average Bonchev–Trinajstić information content (AvgIpc) is 1.82. The maximum Gasteiger partial charge on any atom is 0.174 e. The van der Waals surface area contributed by atoms with Gasteiger partial charge in [-0.25, -0.2) is 12.8 Å². The average molecular weight is 136 g/mol. The Morgan fingerprint density at radius 2 is 2.25 bits per heavy atom. The van der Waals surface area contributed by atoms with Gasteiger partial charge in [-0.3, -0.25) is 0 Å². The molecule has 1 aliphatic rings. The van der Waals surface area contributed by atoms with E-state index < -0.39 is 15.7 Å². The predicted molar refractivity (Wildman–Crippen MR) is 27.6 cm³/mol. The molecule has 1 aliphatic heterocycles. The highest BCUT2D eigenvalue weighted by Gasteiger charge is 2.17. The molecule has 0 bridgehead atoms. The van der Waals surface area contributed by atoms with Crippen molar-refractivity contribution in [3.8, 4) is 0 Å². The number of hydrogen-bond acceptors (Lipinski definition) is 2. The van der Waals surface area contributed by atoms with Gasteiger partial charge in [-0.05, 0) is 0 Å². The lowest BCUT2D eigenvalue weighted by Crippen LogP contribution is -1.92. The number of rotatable bonds is 0. The summed E-state index contributed by atoms with van der Waals surface area (Å²) < 4.78 is 32.6. The molecular formula is C4H5FO2S. The molecule has 0 aliphatic carbocycles. The van der Waals surface area contributed by atoms with Gasteiger partial charge in [-0.1, -0.05) is 0 Å². The second kappa shape index (κ2) is 1.55. The minimum absolute atomic E-state index is 0.0567. The molecule has 1 rings (SSSR count). The van der Waals surface area contributed by atoms with E-state index in [0.29, 0.717) is 5.41 Å². The third-order valence-electron chi connectivity index (χ3n) is 0.933. The SMILES string of the molecule is O=S1(=O)C=C(F)CC1. The summed E-state index contributed by atoms with van der Waals surface area (Å²) in [6.45, 7) is 0. The molecule has 2 nitrogen and oxygen atoms in total. The first-order valence-electron chi connectivity index (χ1n) is 2.19. The Balaban J connectivity index is 3.00. The van der Waals surface area contributed by atoms with Crippen molar-refractivity contribution in [1.82, 2.24) is 0 Å². The van der Waals surface area contributed by atoms with Crippen LogP contribution in [0.1, 0.15) is 6.42 Å². The van der Waals surface area contributed by atoms with Crippen LogP contribution in [0.2, 0.25) is 0 Å². The van der Waals surface area contributed by atoms with Crippen LogP contribution >= 0.6 is 0 Å². The Morgan fingerprint density at radius 1 is 1.62 bits per heavy atom. The topological polar surface area (TPSA) is 34.1 Å². The van der Waals surface area contributed by atoms with Crippen molar-refractivity contribution in [3.05, 3.63) is 11.2 Å². The van der Waals surface area contributed by atoms with E-state index in [-0.39, 0.29) is 12.2 Å². The Bertz CT molecular complexity index is 214. The van der Waals surface area contributed by atoms with Crippen LogP contribution < -0.4 is 0 Å². The molecule has 0 amide bonds. The van der Waals surface area contributed by atoms with E-state index in [0.717, 1.165) is 0 Å². The summed E-state index contributed by atoms with van der Waals surface area (Å²) in [4.78, 5) is 0. The summed E-state index contributed by atoms with van der Waals surface area (Å²) in [7, 11) is -3.13. The van der Waals surface area contributed by atoms with Gasteiger partial charge in [0, 0.05) is 6.42 Å². The molecule has 0 radical (unpaired) electrons. The maximum atomic E-state index is 11.9. The van der Waals surface area contributed by atoms with Gasteiger partial charge < -0.3 is 0 Å². The number of hydrogen-bond donors (Lipinski definition) is 0. The van der Waals surface area contributed by atoms with Crippen molar-refractivity contribution in [2.75, 3.05) is 5.75 Å². The third kappa shape index (κ3) is 1.06. The number of halogens is 1. The summed E-state index contributed by atoms with van der Waals surface area (Å²) >= 11 is 0. The van der Waals surface area contributed by atoms with Crippen LogP contribution in [0.3, 0.4) is 0 Å². The highest BCUT2D eigenvalue weighted by molar-refractivity contribution is 7.94. The zero-order valence-corrected chi connectivity index (χ0v) is 4.91. The highest BCUT2D eigenvalue weighted by Crippen LogP contribution is 2.16. The maximum absolute atomic E-state index is 11.9. The first-order chi connectivity index (χ1) is 3.60. The van der Waals surface area contributed by atoms with Crippen LogP contribution in [0, 0.1) is 0 Å². The molecule has 0 aromatic heterocycles. The summed E-state index contributed by atoms with van der Waals surface area (Å²) in [5.41, 5.74) is 0. The summed E-state index contributed by atoms with van der Waals surface area (Å²) in [5.74, 6) is -0.580. The molecule has 46 valence electrons. The van der Waals surface area contributed by atoms with Gasteiger partial charge in [-0.15, -0.1) is 0 Å². The second-order valence-corrected chi connectivity index (χ2v) is 3.65. The summed E-state index contributed by atoms with van der Waals surface area (Å²) in [6, 6.07) is 0. The van der Waals surface area contributed by atoms with Crippen molar-refractivity contribution in [2.45, 2.75) is 6.42 Å². The first kappa shape index (κ1) is 5.75.